The van der Waals surface area contributed by atoms with Gasteiger partial charge in [0.2, 0.25) is 0 Å². The topological polar surface area (TPSA) is 94.3 Å². The molecule has 1 aromatic rings. The second-order valence-electron chi connectivity index (χ2n) is 4.98. The van der Waals surface area contributed by atoms with E-state index in [-0.39, 0.29) is 32.5 Å². The van der Waals surface area contributed by atoms with Crippen LogP contribution >= 0.6 is 34.8 Å². The maximum absolute atomic E-state index is 12.0. The predicted octanol–water partition coefficient (Wildman–Crippen LogP) is 2.94. The van der Waals surface area contributed by atoms with Crippen molar-refractivity contribution in [1.82, 2.24) is 10.3 Å². The van der Waals surface area contributed by atoms with Crippen molar-refractivity contribution < 1.29 is 14.3 Å². The highest BCUT2D eigenvalue weighted by atomic mass is 35.5. The van der Waals surface area contributed by atoms with Gasteiger partial charge in [-0.1, -0.05) is 48.7 Å². The summed E-state index contributed by atoms with van der Waals surface area (Å²) in [6.45, 7) is 5.79. The van der Waals surface area contributed by atoms with Gasteiger partial charge in [0.25, 0.3) is 5.91 Å². The summed E-state index contributed by atoms with van der Waals surface area (Å²) in [6.07, 6.45) is -1.01. The van der Waals surface area contributed by atoms with Crippen LogP contribution in [-0.2, 0) is 9.53 Å². The molecule has 1 heterocycles. The van der Waals surface area contributed by atoms with Crippen molar-refractivity contribution in [2.24, 2.45) is 5.92 Å². The maximum atomic E-state index is 12.0. The minimum Gasteiger partial charge on any atom is -0.448 e. The molecule has 0 unspecified atom stereocenters. The van der Waals surface area contributed by atoms with Crippen LogP contribution in [0.5, 0.6) is 0 Å². The lowest BCUT2D eigenvalue weighted by Crippen LogP contribution is -2.37. The number of nitrogen functional groups attached to an aromatic ring is 1. The van der Waals surface area contributed by atoms with E-state index in [0.29, 0.717) is 6.54 Å². The van der Waals surface area contributed by atoms with Crippen molar-refractivity contribution in [2.75, 3.05) is 12.3 Å². The Kier molecular flexibility index (Phi) is 6.71. The van der Waals surface area contributed by atoms with E-state index in [4.69, 9.17) is 45.3 Å². The number of hydrogen-bond donors (Lipinski definition) is 2. The Morgan fingerprint density at radius 3 is 2.36 bits per heavy atom. The van der Waals surface area contributed by atoms with Gasteiger partial charge in [-0.15, -0.1) is 0 Å². The molecular formula is C13H16Cl3N3O3. The Morgan fingerprint density at radius 1 is 1.23 bits per heavy atom. The van der Waals surface area contributed by atoms with Gasteiger partial charge in [-0.05, 0) is 12.8 Å². The summed E-state index contributed by atoms with van der Waals surface area (Å²) in [5.74, 6) is -1.06. The van der Waals surface area contributed by atoms with E-state index >= 15 is 0 Å². The van der Waals surface area contributed by atoms with E-state index in [1.54, 1.807) is 0 Å². The monoisotopic (exact) mass is 367 g/mol. The molecule has 0 saturated heterocycles. The summed E-state index contributed by atoms with van der Waals surface area (Å²) in [5.41, 5.74) is 5.25. The zero-order chi connectivity index (χ0) is 17.0. The number of amides is 1. The molecule has 0 aliphatic rings. The van der Waals surface area contributed by atoms with Gasteiger partial charge in [0.15, 0.2) is 17.0 Å². The Bertz CT molecular complexity index is 594. The first-order valence-corrected chi connectivity index (χ1v) is 7.57. The molecule has 0 bridgehead atoms. The van der Waals surface area contributed by atoms with Gasteiger partial charge < -0.3 is 15.8 Å². The number of rotatable bonds is 5. The molecule has 0 aliphatic heterocycles. The Labute approximate surface area is 143 Å². The molecule has 3 N–H and O–H groups in total. The summed E-state index contributed by atoms with van der Waals surface area (Å²) < 4.78 is 5.01. The lowest BCUT2D eigenvalue weighted by Gasteiger charge is -2.15. The number of carbonyl (C=O) groups is 2. The SMILES string of the molecule is CC(C)CNC(=O)[C@H](C)OC(=O)c1nc(Cl)c(Cl)c(N)c1Cl. The van der Waals surface area contributed by atoms with Gasteiger partial charge in [-0.25, -0.2) is 9.78 Å². The number of esters is 1. The van der Waals surface area contributed by atoms with Crippen LogP contribution < -0.4 is 11.1 Å². The predicted molar refractivity (Wildman–Crippen MR) is 86.4 cm³/mol. The Morgan fingerprint density at radius 2 is 1.82 bits per heavy atom. The Hall–Kier alpha value is -1.24. The smallest absolute Gasteiger partial charge is 0.359 e. The van der Waals surface area contributed by atoms with E-state index in [1.165, 1.54) is 6.92 Å². The zero-order valence-corrected chi connectivity index (χ0v) is 14.5. The van der Waals surface area contributed by atoms with E-state index < -0.39 is 18.0 Å². The number of aromatic nitrogens is 1. The lowest BCUT2D eigenvalue weighted by molar-refractivity contribution is -0.129. The highest BCUT2D eigenvalue weighted by Gasteiger charge is 2.24. The van der Waals surface area contributed by atoms with E-state index in [0.717, 1.165) is 0 Å². The maximum Gasteiger partial charge on any atom is 0.359 e. The van der Waals surface area contributed by atoms with Crippen molar-refractivity contribution in [3.8, 4) is 0 Å². The van der Waals surface area contributed by atoms with Gasteiger partial charge in [0.1, 0.15) is 5.02 Å². The first-order valence-electron chi connectivity index (χ1n) is 6.43. The number of carbonyl (C=O) groups excluding carboxylic acids is 2. The van der Waals surface area contributed by atoms with Gasteiger partial charge in [0.05, 0.1) is 10.7 Å². The standard InChI is InChI=1S/C13H16Cl3N3O3/c1-5(2)4-18-12(20)6(3)22-13(21)10-7(14)9(17)8(15)11(16)19-10/h5-6H,4H2,1-3H3,(H2,17,19)(H,18,20)/t6-/m0/s1. The third kappa shape index (κ3) is 4.63. The molecule has 9 heteroatoms. The molecular weight excluding hydrogens is 353 g/mol. The number of hydrogen-bond acceptors (Lipinski definition) is 5. The molecule has 0 spiro atoms. The second-order valence-corrected chi connectivity index (χ2v) is 6.09. The van der Waals surface area contributed by atoms with Gasteiger partial charge >= 0.3 is 5.97 Å². The van der Waals surface area contributed by atoms with Crippen LogP contribution in [0.15, 0.2) is 0 Å². The highest BCUT2D eigenvalue weighted by molar-refractivity contribution is 6.46. The summed E-state index contributed by atoms with van der Waals surface area (Å²) in [7, 11) is 0. The number of halogens is 3. The van der Waals surface area contributed by atoms with E-state index in [1.807, 2.05) is 13.8 Å². The van der Waals surface area contributed by atoms with E-state index in [9.17, 15) is 9.59 Å². The van der Waals surface area contributed by atoms with Crippen LogP contribution in [0.3, 0.4) is 0 Å². The molecule has 0 aromatic carbocycles. The molecule has 1 rings (SSSR count). The van der Waals surface area contributed by atoms with Crippen LogP contribution in [0.2, 0.25) is 15.2 Å². The van der Waals surface area contributed by atoms with Gasteiger partial charge in [-0.3, -0.25) is 4.79 Å². The Balaban J connectivity index is 2.83. The third-order valence-corrected chi connectivity index (χ3v) is 3.74. The molecule has 1 atom stereocenters. The van der Waals surface area contributed by atoms with Crippen LogP contribution in [0, 0.1) is 5.92 Å². The summed E-state index contributed by atoms with van der Waals surface area (Å²) in [5, 5.41) is 2.25. The molecule has 22 heavy (non-hydrogen) atoms. The average Bonchev–Trinajstić information content (AvgIpc) is 2.45. The van der Waals surface area contributed by atoms with Crippen LogP contribution in [0.1, 0.15) is 31.3 Å². The molecule has 1 amide bonds. The van der Waals surface area contributed by atoms with Crippen LogP contribution in [0.25, 0.3) is 0 Å². The number of nitrogens with two attached hydrogens (primary N) is 1. The van der Waals surface area contributed by atoms with Crippen molar-refractivity contribution in [2.45, 2.75) is 26.9 Å². The van der Waals surface area contributed by atoms with Crippen molar-refractivity contribution in [1.29, 1.82) is 0 Å². The fraction of sp³-hybridized carbons (Fsp3) is 0.462. The summed E-state index contributed by atoms with van der Waals surface area (Å²) >= 11 is 17.4. The van der Waals surface area contributed by atoms with Gasteiger partial charge in [-0.2, -0.15) is 0 Å². The van der Waals surface area contributed by atoms with Crippen molar-refractivity contribution >= 4 is 52.4 Å². The third-order valence-electron chi connectivity index (χ3n) is 2.60. The van der Waals surface area contributed by atoms with Crippen molar-refractivity contribution in [3.63, 3.8) is 0 Å². The van der Waals surface area contributed by atoms with Gasteiger partial charge in [0, 0.05) is 6.54 Å². The zero-order valence-electron chi connectivity index (χ0n) is 12.2. The summed E-state index contributed by atoms with van der Waals surface area (Å²) in [4.78, 5) is 27.5. The molecule has 1 aromatic heterocycles. The molecule has 0 fully saturated rings. The molecule has 0 aliphatic carbocycles. The number of pyridine rings is 1. The van der Waals surface area contributed by atoms with E-state index in [2.05, 4.69) is 10.3 Å². The minimum atomic E-state index is -1.01. The average molecular weight is 369 g/mol. The first-order chi connectivity index (χ1) is 10.1. The number of ether oxygens (including phenoxy) is 1. The van der Waals surface area contributed by atoms with Crippen LogP contribution in [0.4, 0.5) is 5.69 Å². The first kappa shape index (κ1) is 18.8. The minimum absolute atomic E-state index is 0.0501. The quantitative estimate of drug-likeness (QED) is 0.615. The largest absolute Gasteiger partial charge is 0.448 e. The second kappa shape index (κ2) is 7.85. The van der Waals surface area contributed by atoms with Crippen LogP contribution in [-0.4, -0.2) is 29.5 Å². The number of nitrogens with one attached hydrogen (secondary N) is 1. The fourth-order valence-electron chi connectivity index (χ4n) is 1.38. The van der Waals surface area contributed by atoms with Crippen molar-refractivity contribution in [3.05, 3.63) is 20.9 Å². The number of anilines is 1. The molecule has 122 valence electrons. The molecule has 0 saturated carbocycles. The normalized spacial score (nSPS) is 12.1. The lowest BCUT2D eigenvalue weighted by atomic mass is 10.2. The number of nitrogens with zero attached hydrogens (tertiary/aromatic N) is 1. The summed E-state index contributed by atoms with van der Waals surface area (Å²) in [6, 6.07) is 0. The fourth-order valence-corrected chi connectivity index (χ4v) is 1.97. The molecule has 0 radical (unpaired) electrons. The highest BCUT2D eigenvalue weighted by Crippen LogP contribution is 2.34. The molecule has 6 nitrogen and oxygen atoms in total.